The number of aromatic nitrogens is 2. The molecular formula is C31H24N2. The maximum atomic E-state index is 5.18. The summed E-state index contributed by atoms with van der Waals surface area (Å²) in [4.78, 5) is 10.1. The SMILES string of the molecule is CCc1ccc2ccc3c4ccnc5c4c(cc3c2c1)C(C)(C)c1nc2ccccc2cc1-5. The van der Waals surface area contributed by atoms with Gasteiger partial charge in [0, 0.05) is 27.9 Å². The highest BCUT2D eigenvalue weighted by molar-refractivity contribution is 6.21. The molecule has 0 spiro atoms. The maximum absolute atomic E-state index is 5.18. The minimum absolute atomic E-state index is 0.230. The summed E-state index contributed by atoms with van der Waals surface area (Å²) in [6, 6.07) is 26.7. The number of pyridine rings is 2. The Morgan fingerprint density at radius 2 is 1.61 bits per heavy atom. The monoisotopic (exact) mass is 424 g/mol. The van der Waals surface area contributed by atoms with Crippen molar-refractivity contribution in [1.29, 1.82) is 0 Å². The minimum atomic E-state index is -0.230. The van der Waals surface area contributed by atoms with Crippen LogP contribution in [-0.2, 0) is 11.8 Å². The van der Waals surface area contributed by atoms with E-state index in [1.54, 1.807) is 0 Å². The van der Waals surface area contributed by atoms with E-state index < -0.39 is 0 Å². The van der Waals surface area contributed by atoms with Gasteiger partial charge in [-0.05, 0) is 68.7 Å². The first kappa shape index (κ1) is 18.8. The van der Waals surface area contributed by atoms with Gasteiger partial charge in [0.25, 0.3) is 0 Å². The summed E-state index contributed by atoms with van der Waals surface area (Å²) >= 11 is 0. The highest BCUT2D eigenvalue weighted by atomic mass is 14.8. The smallest absolute Gasteiger partial charge is 0.0802 e. The van der Waals surface area contributed by atoms with Crippen molar-refractivity contribution in [2.75, 3.05) is 0 Å². The van der Waals surface area contributed by atoms with Gasteiger partial charge in [0.1, 0.15) is 0 Å². The summed E-state index contributed by atoms with van der Waals surface area (Å²) in [6.07, 6.45) is 3.00. The van der Waals surface area contributed by atoms with E-state index in [2.05, 4.69) is 93.6 Å². The lowest BCUT2D eigenvalue weighted by molar-refractivity contribution is 0.624. The first-order valence-corrected chi connectivity index (χ1v) is 11.7. The van der Waals surface area contributed by atoms with Crippen molar-refractivity contribution in [3.05, 3.63) is 95.8 Å². The van der Waals surface area contributed by atoms with Gasteiger partial charge < -0.3 is 0 Å². The number of rotatable bonds is 1. The average molecular weight is 425 g/mol. The molecule has 0 amide bonds. The van der Waals surface area contributed by atoms with Gasteiger partial charge in [-0.2, -0.15) is 0 Å². The number of para-hydroxylation sites is 1. The summed E-state index contributed by atoms with van der Waals surface area (Å²) in [5.41, 5.74) is 6.83. The first-order valence-electron chi connectivity index (χ1n) is 11.7. The minimum Gasteiger partial charge on any atom is -0.256 e. The van der Waals surface area contributed by atoms with Crippen LogP contribution in [0.15, 0.2) is 79.0 Å². The summed E-state index contributed by atoms with van der Waals surface area (Å²) in [6.45, 7) is 6.85. The topological polar surface area (TPSA) is 25.8 Å². The molecule has 2 aromatic heterocycles. The maximum Gasteiger partial charge on any atom is 0.0802 e. The molecule has 7 rings (SSSR count). The molecule has 1 aliphatic rings. The van der Waals surface area contributed by atoms with Crippen LogP contribution in [0.2, 0.25) is 0 Å². The lowest BCUT2D eigenvalue weighted by atomic mass is 9.71. The quantitative estimate of drug-likeness (QED) is 0.250. The van der Waals surface area contributed by atoms with Crippen LogP contribution in [0.1, 0.15) is 37.6 Å². The van der Waals surface area contributed by atoms with Crippen molar-refractivity contribution >= 4 is 43.2 Å². The number of hydrogen-bond acceptors (Lipinski definition) is 2. The fourth-order valence-electron chi connectivity index (χ4n) is 5.77. The van der Waals surface area contributed by atoms with E-state index in [-0.39, 0.29) is 5.41 Å². The second-order valence-corrected chi connectivity index (χ2v) is 9.78. The zero-order valence-electron chi connectivity index (χ0n) is 19.1. The van der Waals surface area contributed by atoms with Gasteiger partial charge in [0.2, 0.25) is 0 Å². The molecule has 0 saturated carbocycles. The lowest BCUT2D eigenvalue weighted by Crippen LogP contribution is -2.25. The second-order valence-electron chi connectivity index (χ2n) is 9.78. The Bertz CT molecular complexity index is 1780. The third-order valence-corrected chi connectivity index (χ3v) is 7.58. The third kappa shape index (κ3) is 2.44. The third-order valence-electron chi connectivity index (χ3n) is 7.58. The molecule has 0 bridgehead atoms. The number of aryl methyl sites for hydroxylation is 1. The number of hydrogen-bond donors (Lipinski definition) is 0. The Kier molecular flexibility index (Phi) is 3.63. The Balaban J connectivity index is 1.69. The Labute approximate surface area is 192 Å². The van der Waals surface area contributed by atoms with Crippen molar-refractivity contribution in [1.82, 2.24) is 9.97 Å². The molecule has 0 saturated heterocycles. The fourth-order valence-corrected chi connectivity index (χ4v) is 5.77. The molecule has 4 aromatic carbocycles. The van der Waals surface area contributed by atoms with E-state index in [0.29, 0.717) is 0 Å². The van der Waals surface area contributed by atoms with E-state index in [4.69, 9.17) is 9.97 Å². The zero-order valence-corrected chi connectivity index (χ0v) is 19.1. The molecule has 0 atom stereocenters. The molecule has 2 nitrogen and oxygen atoms in total. The number of nitrogens with zero attached hydrogens (tertiary/aromatic N) is 2. The summed E-state index contributed by atoms with van der Waals surface area (Å²) in [5, 5.41) is 8.95. The summed E-state index contributed by atoms with van der Waals surface area (Å²) < 4.78 is 0. The predicted molar refractivity (Wildman–Crippen MR) is 139 cm³/mol. The van der Waals surface area contributed by atoms with Crippen LogP contribution < -0.4 is 0 Å². The Morgan fingerprint density at radius 1 is 0.758 bits per heavy atom. The largest absolute Gasteiger partial charge is 0.256 e. The Hall–Kier alpha value is -3.78. The van der Waals surface area contributed by atoms with E-state index in [1.165, 1.54) is 43.4 Å². The van der Waals surface area contributed by atoms with Gasteiger partial charge in [-0.1, -0.05) is 69.3 Å². The van der Waals surface area contributed by atoms with Crippen LogP contribution >= 0.6 is 0 Å². The fraction of sp³-hybridized carbons (Fsp3) is 0.161. The van der Waals surface area contributed by atoms with Crippen molar-refractivity contribution in [2.24, 2.45) is 0 Å². The van der Waals surface area contributed by atoms with Crippen molar-refractivity contribution in [3.8, 4) is 11.3 Å². The number of benzene rings is 4. The molecule has 2 heteroatoms. The zero-order chi connectivity index (χ0) is 22.3. The molecule has 33 heavy (non-hydrogen) atoms. The molecule has 0 fully saturated rings. The van der Waals surface area contributed by atoms with Crippen molar-refractivity contribution < 1.29 is 0 Å². The average Bonchev–Trinajstić information content (AvgIpc) is 2.85. The van der Waals surface area contributed by atoms with Gasteiger partial charge >= 0.3 is 0 Å². The molecule has 0 aliphatic heterocycles. The van der Waals surface area contributed by atoms with Crippen LogP contribution in [0.3, 0.4) is 0 Å². The van der Waals surface area contributed by atoms with E-state index >= 15 is 0 Å². The predicted octanol–water partition coefficient (Wildman–Crippen LogP) is 7.96. The molecular weight excluding hydrogens is 400 g/mol. The van der Waals surface area contributed by atoms with Crippen LogP contribution in [-0.4, -0.2) is 9.97 Å². The van der Waals surface area contributed by atoms with Gasteiger partial charge in [-0.25, -0.2) is 0 Å². The second kappa shape index (κ2) is 6.39. The van der Waals surface area contributed by atoms with Gasteiger partial charge in [-0.15, -0.1) is 0 Å². The van der Waals surface area contributed by atoms with Crippen LogP contribution in [0.5, 0.6) is 0 Å². The highest BCUT2D eigenvalue weighted by Gasteiger charge is 2.36. The van der Waals surface area contributed by atoms with E-state index in [9.17, 15) is 0 Å². The van der Waals surface area contributed by atoms with E-state index in [1.807, 2.05) is 6.20 Å². The first-order chi connectivity index (χ1) is 16.1. The van der Waals surface area contributed by atoms with Crippen molar-refractivity contribution in [3.63, 3.8) is 0 Å². The van der Waals surface area contributed by atoms with Crippen LogP contribution in [0, 0.1) is 0 Å². The summed E-state index contributed by atoms with van der Waals surface area (Å²) in [7, 11) is 0. The van der Waals surface area contributed by atoms with Gasteiger partial charge in [-0.3, -0.25) is 9.97 Å². The lowest BCUT2D eigenvalue weighted by Gasteiger charge is -2.34. The van der Waals surface area contributed by atoms with Crippen LogP contribution in [0.25, 0.3) is 54.5 Å². The standard InChI is InChI=1S/C31H24N2/c1-4-18-9-10-19-11-12-21-22-13-14-32-29-25-16-20-7-5-6-8-27(20)33-30(25)31(2,3)26(28(22)29)17-24(21)23(19)15-18/h5-17H,4H2,1-3H3. The number of fused-ring (bicyclic) bond motifs is 7. The molecule has 2 heterocycles. The summed E-state index contributed by atoms with van der Waals surface area (Å²) in [5.74, 6) is 0. The molecule has 1 aliphatic carbocycles. The van der Waals surface area contributed by atoms with E-state index in [0.717, 1.165) is 34.3 Å². The van der Waals surface area contributed by atoms with Crippen molar-refractivity contribution in [2.45, 2.75) is 32.6 Å². The molecule has 6 aromatic rings. The van der Waals surface area contributed by atoms with Gasteiger partial charge in [0.05, 0.1) is 16.9 Å². The highest BCUT2D eigenvalue weighted by Crippen LogP contribution is 2.50. The molecule has 0 N–H and O–H groups in total. The normalized spacial score (nSPS) is 14.3. The Morgan fingerprint density at radius 3 is 2.48 bits per heavy atom. The van der Waals surface area contributed by atoms with Gasteiger partial charge in [0.15, 0.2) is 0 Å². The molecule has 158 valence electrons. The van der Waals surface area contributed by atoms with Crippen LogP contribution in [0.4, 0.5) is 0 Å². The molecule has 0 radical (unpaired) electrons. The molecule has 0 unspecified atom stereocenters.